The first-order valence-electron chi connectivity index (χ1n) is 10.9. The molecule has 1 aromatic carbocycles. The second kappa shape index (κ2) is 6.94. The van der Waals surface area contributed by atoms with Crippen molar-refractivity contribution >= 4 is 16.9 Å². The number of piperidine rings is 1. The van der Waals surface area contributed by atoms with E-state index >= 15 is 0 Å². The van der Waals surface area contributed by atoms with Gasteiger partial charge in [-0.2, -0.15) is 5.10 Å². The minimum absolute atomic E-state index is 0.0540. The Morgan fingerprint density at radius 3 is 2.80 bits per heavy atom. The molecule has 1 saturated heterocycles. The van der Waals surface area contributed by atoms with Crippen molar-refractivity contribution in [1.29, 1.82) is 0 Å². The largest absolute Gasteiger partial charge is 0.387 e. The highest BCUT2D eigenvalue weighted by Gasteiger charge is 2.43. The summed E-state index contributed by atoms with van der Waals surface area (Å²) in [5.41, 5.74) is 4.69. The predicted molar refractivity (Wildman–Crippen MR) is 114 cm³/mol. The number of rotatable bonds is 2. The van der Waals surface area contributed by atoms with Crippen LogP contribution in [-0.4, -0.2) is 48.8 Å². The molecule has 0 radical (unpaired) electrons. The Morgan fingerprint density at radius 2 is 2.07 bits per heavy atom. The highest BCUT2D eigenvalue weighted by molar-refractivity contribution is 5.97. The van der Waals surface area contributed by atoms with Crippen LogP contribution in [0.5, 0.6) is 0 Å². The third kappa shape index (κ3) is 3.12. The Morgan fingerprint density at radius 1 is 1.30 bits per heavy atom. The molecule has 1 aliphatic carbocycles. The number of aliphatic hydroxyl groups excluding tert-OH is 1. The van der Waals surface area contributed by atoms with Gasteiger partial charge in [0, 0.05) is 24.7 Å². The maximum absolute atomic E-state index is 13.1. The van der Waals surface area contributed by atoms with Crippen molar-refractivity contribution in [2.45, 2.75) is 58.6 Å². The number of aromatic nitrogens is 4. The van der Waals surface area contributed by atoms with E-state index < -0.39 is 6.10 Å². The molecule has 5 rings (SSSR count). The number of carbonyl (C=O) groups is 1. The molecule has 0 bridgehead atoms. The van der Waals surface area contributed by atoms with Crippen LogP contribution in [0.3, 0.4) is 0 Å². The molecule has 3 heterocycles. The minimum atomic E-state index is -0.480. The third-order valence-electron chi connectivity index (χ3n) is 6.87. The van der Waals surface area contributed by atoms with E-state index in [9.17, 15) is 9.90 Å². The Kier molecular flexibility index (Phi) is 4.47. The number of likely N-dealkylation sites (tertiary alicyclic amines) is 1. The normalized spacial score (nSPS) is 20.8. The second-order valence-electron chi connectivity index (χ2n) is 9.34. The van der Waals surface area contributed by atoms with Gasteiger partial charge in [-0.05, 0) is 75.6 Å². The summed E-state index contributed by atoms with van der Waals surface area (Å²) < 4.78 is 1.96. The number of hydrogen-bond acceptors (Lipinski definition) is 4. The van der Waals surface area contributed by atoms with Gasteiger partial charge in [0.1, 0.15) is 5.82 Å². The van der Waals surface area contributed by atoms with Crippen LogP contribution >= 0.6 is 0 Å². The molecular weight excluding hydrogens is 378 g/mol. The smallest absolute Gasteiger partial charge is 0.253 e. The molecule has 30 heavy (non-hydrogen) atoms. The number of aromatic amines is 1. The molecule has 158 valence electrons. The third-order valence-corrected chi connectivity index (χ3v) is 6.87. The lowest BCUT2D eigenvalue weighted by atomic mass is 9.66. The standard InChI is InChI=1S/C23H29N5O2/c1-14(2)28-21-17(13-24-28)11-23(12-20(21)29)6-8-27(9-7-23)22(30)16-4-5-18-19(10-16)26-15(3)25-18/h4-5,10,13-14,20,29H,6-9,11-12H2,1-3H3,(H,25,26). The fourth-order valence-corrected chi connectivity index (χ4v) is 5.32. The van der Waals surface area contributed by atoms with E-state index in [0.29, 0.717) is 5.56 Å². The molecule has 1 spiro atoms. The summed E-state index contributed by atoms with van der Waals surface area (Å²) >= 11 is 0. The number of H-pyrrole nitrogens is 1. The number of aliphatic hydroxyl groups is 1. The van der Waals surface area contributed by atoms with E-state index in [1.54, 1.807) is 0 Å². The van der Waals surface area contributed by atoms with Crippen LogP contribution in [0, 0.1) is 12.3 Å². The van der Waals surface area contributed by atoms with Gasteiger partial charge in [0.15, 0.2) is 0 Å². The highest BCUT2D eigenvalue weighted by Crippen LogP contribution is 2.48. The van der Waals surface area contributed by atoms with E-state index in [-0.39, 0.29) is 17.4 Å². The number of carbonyl (C=O) groups excluding carboxylic acids is 1. The zero-order chi connectivity index (χ0) is 21.0. The van der Waals surface area contributed by atoms with Crippen LogP contribution in [0.1, 0.15) is 72.7 Å². The monoisotopic (exact) mass is 407 g/mol. The molecule has 1 amide bonds. The van der Waals surface area contributed by atoms with Crippen LogP contribution in [0.2, 0.25) is 0 Å². The Labute approximate surface area is 176 Å². The van der Waals surface area contributed by atoms with Crippen LogP contribution in [0.25, 0.3) is 11.0 Å². The summed E-state index contributed by atoms with van der Waals surface area (Å²) in [6.07, 6.45) is 4.96. The van der Waals surface area contributed by atoms with Crippen LogP contribution in [0.4, 0.5) is 0 Å². The van der Waals surface area contributed by atoms with Gasteiger partial charge < -0.3 is 15.0 Å². The zero-order valence-electron chi connectivity index (χ0n) is 17.9. The second-order valence-corrected chi connectivity index (χ2v) is 9.34. The molecule has 3 aromatic rings. The van der Waals surface area contributed by atoms with Gasteiger partial charge >= 0.3 is 0 Å². The highest BCUT2D eigenvalue weighted by atomic mass is 16.3. The summed E-state index contributed by atoms with van der Waals surface area (Å²) in [5.74, 6) is 0.925. The van der Waals surface area contributed by atoms with Crippen LogP contribution < -0.4 is 0 Å². The number of nitrogens with zero attached hydrogens (tertiary/aromatic N) is 4. The van der Waals surface area contributed by atoms with Crippen LogP contribution in [0.15, 0.2) is 24.4 Å². The van der Waals surface area contributed by atoms with Gasteiger partial charge in [-0.15, -0.1) is 0 Å². The van der Waals surface area contributed by atoms with Gasteiger partial charge in [0.05, 0.1) is 29.0 Å². The molecule has 2 aliphatic rings. The lowest BCUT2D eigenvalue weighted by molar-refractivity contribution is 0.0228. The van der Waals surface area contributed by atoms with Crippen molar-refractivity contribution in [2.24, 2.45) is 5.41 Å². The first-order chi connectivity index (χ1) is 14.3. The lowest BCUT2D eigenvalue weighted by Gasteiger charge is -2.45. The fraction of sp³-hybridized carbons (Fsp3) is 0.522. The van der Waals surface area contributed by atoms with Crippen molar-refractivity contribution in [3.05, 3.63) is 47.0 Å². The van der Waals surface area contributed by atoms with E-state index in [1.807, 2.05) is 40.9 Å². The summed E-state index contributed by atoms with van der Waals surface area (Å²) in [7, 11) is 0. The van der Waals surface area contributed by atoms with Gasteiger partial charge in [0.25, 0.3) is 5.91 Å². The molecule has 1 atom stereocenters. The first kappa shape index (κ1) is 19.3. The first-order valence-corrected chi connectivity index (χ1v) is 10.9. The molecule has 2 aromatic heterocycles. The van der Waals surface area contributed by atoms with E-state index in [0.717, 1.165) is 61.3 Å². The molecule has 7 heteroatoms. The number of hydrogen-bond donors (Lipinski definition) is 2. The van der Waals surface area contributed by atoms with E-state index in [4.69, 9.17) is 0 Å². The quantitative estimate of drug-likeness (QED) is 0.680. The number of imidazole rings is 1. The zero-order valence-corrected chi connectivity index (χ0v) is 17.9. The van der Waals surface area contributed by atoms with E-state index in [1.165, 1.54) is 5.56 Å². The molecule has 2 N–H and O–H groups in total. The van der Waals surface area contributed by atoms with Gasteiger partial charge in [0.2, 0.25) is 0 Å². The number of fused-ring (bicyclic) bond motifs is 2. The molecule has 1 fully saturated rings. The molecule has 1 aliphatic heterocycles. The number of nitrogens with one attached hydrogen (secondary N) is 1. The number of benzene rings is 1. The average Bonchev–Trinajstić information content (AvgIpc) is 3.30. The van der Waals surface area contributed by atoms with Crippen molar-refractivity contribution in [1.82, 2.24) is 24.6 Å². The van der Waals surface area contributed by atoms with Crippen molar-refractivity contribution in [3.63, 3.8) is 0 Å². The molecule has 7 nitrogen and oxygen atoms in total. The predicted octanol–water partition coefficient (Wildman–Crippen LogP) is 3.55. The Bertz CT molecular complexity index is 1100. The summed E-state index contributed by atoms with van der Waals surface area (Å²) in [6, 6.07) is 5.92. The number of aryl methyl sites for hydroxylation is 1. The maximum atomic E-state index is 13.1. The average molecular weight is 408 g/mol. The summed E-state index contributed by atoms with van der Waals surface area (Å²) in [6.45, 7) is 7.55. The van der Waals surface area contributed by atoms with Crippen molar-refractivity contribution in [3.8, 4) is 0 Å². The van der Waals surface area contributed by atoms with Gasteiger partial charge in [-0.3, -0.25) is 9.48 Å². The molecular formula is C23H29N5O2. The number of amides is 1. The van der Waals surface area contributed by atoms with Gasteiger partial charge in [-0.25, -0.2) is 4.98 Å². The Hall–Kier alpha value is -2.67. The fourth-order valence-electron chi connectivity index (χ4n) is 5.32. The Balaban J connectivity index is 1.31. The summed E-state index contributed by atoms with van der Waals surface area (Å²) in [4.78, 5) is 22.7. The molecule has 1 unspecified atom stereocenters. The van der Waals surface area contributed by atoms with Crippen LogP contribution in [-0.2, 0) is 6.42 Å². The van der Waals surface area contributed by atoms with Crippen molar-refractivity contribution < 1.29 is 9.90 Å². The lowest BCUT2D eigenvalue weighted by Crippen LogP contribution is -2.46. The SMILES string of the molecule is Cc1nc2ccc(C(=O)N3CCC4(CC3)Cc3cnn(C(C)C)c3C(O)C4)cc2[nH]1. The maximum Gasteiger partial charge on any atom is 0.253 e. The van der Waals surface area contributed by atoms with Crippen molar-refractivity contribution in [2.75, 3.05) is 13.1 Å². The van der Waals surface area contributed by atoms with Gasteiger partial charge in [-0.1, -0.05) is 0 Å². The molecule has 0 saturated carbocycles. The summed E-state index contributed by atoms with van der Waals surface area (Å²) in [5, 5.41) is 15.4. The minimum Gasteiger partial charge on any atom is -0.387 e. The van der Waals surface area contributed by atoms with E-state index in [2.05, 4.69) is 28.9 Å². The topological polar surface area (TPSA) is 87.0 Å².